The Morgan fingerprint density at radius 3 is 2.57 bits per heavy atom. The van der Waals surface area contributed by atoms with Gasteiger partial charge in [0.05, 0.1) is 12.4 Å². The molecule has 0 saturated heterocycles. The summed E-state index contributed by atoms with van der Waals surface area (Å²) in [6.07, 6.45) is 1.72. The number of halogens is 1. The fourth-order valence-electron chi connectivity index (χ4n) is 2.03. The van der Waals surface area contributed by atoms with E-state index in [0.717, 1.165) is 27.8 Å². The third-order valence-electron chi connectivity index (χ3n) is 3.99. The van der Waals surface area contributed by atoms with Gasteiger partial charge in [0.15, 0.2) is 0 Å². The number of hydrogen-bond donors (Lipinski definition) is 2. The first-order chi connectivity index (χ1) is 9.96. The van der Waals surface area contributed by atoms with Crippen LogP contribution in [0.15, 0.2) is 27.6 Å². The number of rotatable bonds is 8. The lowest BCUT2D eigenvalue weighted by Crippen LogP contribution is -2.40. The predicted molar refractivity (Wildman–Crippen MR) is 92.7 cm³/mol. The number of carbonyl (C=O) groups excluding carboxylic acids is 1. The zero-order valence-corrected chi connectivity index (χ0v) is 15.3. The number of aliphatic hydroxyl groups is 1. The Labute approximate surface area is 140 Å². The van der Waals surface area contributed by atoms with Crippen LogP contribution in [0.1, 0.15) is 32.3 Å². The molecule has 1 aromatic rings. The lowest BCUT2D eigenvalue weighted by atomic mass is 9.83. The minimum atomic E-state index is -0.187. The number of thioether (sulfide) groups is 1. The zero-order chi connectivity index (χ0) is 15.9. The van der Waals surface area contributed by atoms with Crippen LogP contribution in [0.2, 0.25) is 0 Å². The molecule has 0 atom stereocenters. The summed E-state index contributed by atoms with van der Waals surface area (Å²) in [6.45, 7) is 6.78. The third kappa shape index (κ3) is 5.64. The van der Waals surface area contributed by atoms with Gasteiger partial charge in [0.2, 0.25) is 5.91 Å². The molecule has 0 aliphatic carbocycles. The van der Waals surface area contributed by atoms with Gasteiger partial charge >= 0.3 is 0 Å². The monoisotopic (exact) mass is 373 g/mol. The third-order valence-corrected chi connectivity index (χ3v) is 5.66. The Morgan fingerprint density at radius 2 is 2.05 bits per heavy atom. The zero-order valence-electron chi connectivity index (χ0n) is 12.9. The van der Waals surface area contributed by atoms with E-state index in [1.54, 1.807) is 11.8 Å². The minimum absolute atomic E-state index is 0.0158. The highest BCUT2D eigenvalue weighted by Gasteiger charge is 2.25. The molecule has 0 aromatic heterocycles. The molecule has 5 heteroatoms. The molecule has 2 N–H and O–H groups in total. The van der Waals surface area contributed by atoms with Crippen molar-refractivity contribution in [2.24, 2.45) is 5.41 Å². The Kier molecular flexibility index (Phi) is 7.77. The molecule has 0 radical (unpaired) electrons. The Morgan fingerprint density at radius 1 is 1.38 bits per heavy atom. The van der Waals surface area contributed by atoms with Crippen LogP contribution in [-0.4, -0.2) is 29.9 Å². The molecule has 1 amide bonds. The van der Waals surface area contributed by atoms with E-state index in [1.165, 1.54) is 0 Å². The largest absolute Gasteiger partial charge is 0.396 e. The van der Waals surface area contributed by atoms with Gasteiger partial charge in [-0.25, -0.2) is 0 Å². The number of hydrogen-bond acceptors (Lipinski definition) is 3. The van der Waals surface area contributed by atoms with Gasteiger partial charge in [-0.2, -0.15) is 0 Å². The number of aliphatic hydroxyl groups excluding tert-OH is 1. The van der Waals surface area contributed by atoms with E-state index in [4.69, 9.17) is 0 Å². The first kappa shape index (κ1) is 18.5. The van der Waals surface area contributed by atoms with Crippen LogP contribution in [-0.2, 0) is 4.79 Å². The summed E-state index contributed by atoms with van der Waals surface area (Å²) in [6, 6.07) is 6.05. The standard InChI is InChI=1S/C16H24BrNO2S/c1-4-16(5-2,11-19)10-18-15(20)9-21-14-7-6-13(17)8-12(14)3/h6-8,19H,4-5,9-11H2,1-3H3,(H,18,20). The summed E-state index contributed by atoms with van der Waals surface area (Å²) in [5, 5.41) is 12.4. The molecule has 0 spiro atoms. The Bertz CT molecular complexity index is 467. The van der Waals surface area contributed by atoms with E-state index in [-0.39, 0.29) is 17.9 Å². The number of nitrogens with one attached hydrogen (secondary N) is 1. The summed E-state index contributed by atoms with van der Waals surface area (Å²) < 4.78 is 1.05. The summed E-state index contributed by atoms with van der Waals surface area (Å²) in [5.74, 6) is 0.416. The normalized spacial score (nSPS) is 11.5. The van der Waals surface area contributed by atoms with E-state index >= 15 is 0 Å². The van der Waals surface area contributed by atoms with Gasteiger partial charge in [0.1, 0.15) is 0 Å². The second-order valence-corrected chi connectivity index (χ2v) is 7.27. The topological polar surface area (TPSA) is 49.3 Å². The second kappa shape index (κ2) is 8.81. The SMILES string of the molecule is CCC(CC)(CO)CNC(=O)CSc1ccc(Br)cc1C. The predicted octanol–water partition coefficient (Wildman–Crippen LogP) is 3.76. The van der Waals surface area contributed by atoms with Crippen LogP contribution in [0, 0.1) is 12.3 Å². The Hall–Kier alpha value is -0.520. The smallest absolute Gasteiger partial charge is 0.230 e. The number of amides is 1. The van der Waals surface area contributed by atoms with Crippen molar-refractivity contribution >= 4 is 33.6 Å². The van der Waals surface area contributed by atoms with Gasteiger partial charge in [0, 0.05) is 21.3 Å². The molecule has 1 rings (SSSR count). The number of benzene rings is 1. The van der Waals surface area contributed by atoms with Crippen LogP contribution in [0.25, 0.3) is 0 Å². The summed E-state index contributed by atoms with van der Waals surface area (Å²) in [5.41, 5.74) is 0.974. The molecule has 0 aliphatic heterocycles. The molecular formula is C16H24BrNO2S. The van der Waals surface area contributed by atoms with Gasteiger partial charge < -0.3 is 10.4 Å². The Balaban J connectivity index is 2.47. The van der Waals surface area contributed by atoms with E-state index in [2.05, 4.69) is 21.2 Å². The van der Waals surface area contributed by atoms with Crippen molar-refractivity contribution in [1.29, 1.82) is 0 Å². The highest BCUT2D eigenvalue weighted by molar-refractivity contribution is 9.10. The maximum absolute atomic E-state index is 12.0. The van der Waals surface area contributed by atoms with Crippen molar-refractivity contribution in [2.45, 2.75) is 38.5 Å². The molecule has 0 heterocycles. The van der Waals surface area contributed by atoms with Crippen molar-refractivity contribution < 1.29 is 9.90 Å². The second-order valence-electron chi connectivity index (χ2n) is 5.34. The van der Waals surface area contributed by atoms with Crippen molar-refractivity contribution in [3.05, 3.63) is 28.2 Å². The first-order valence-electron chi connectivity index (χ1n) is 7.23. The van der Waals surface area contributed by atoms with Crippen LogP contribution >= 0.6 is 27.7 Å². The van der Waals surface area contributed by atoms with E-state index in [0.29, 0.717) is 12.3 Å². The summed E-state index contributed by atoms with van der Waals surface area (Å²) in [7, 11) is 0. The fraction of sp³-hybridized carbons (Fsp3) is 0.562. The molecule has 1 aromatic carbocycles. The van der Waals surface area contributed by atoms with Crippen molar-refractivity contribution in [3.8, 4) is 0 Å². The average molecular weight is 374 g/mol. The molecular weight excluding hydrogens is 350 g/mol. The molecule has 0 saturated carbocycles. The molecule has 0 fully saturated rings. The molecule has 0 unspecified atom stereocenters. The van der Waals surface area contributed by atoms with Gasteiger partial charge in [-0.1, -0.05) is 29.8 Å². The van der Waals surface area contributed by atoms with Gasteiger partial charge in [0.25, 0.3) is 0 Å². The van der Waals surface area contributed by atoms with Crippen molar-refractivity contribution in [3.63, 3.8) is 0 Å². The lowest BCUT2D eigenvalue weighted by molar-refractivity contribution is -0.119. The van der Waals surface area contributed by atoms with E-state index < -0.39 is 0 Å². The minimum Gasteiger partial charge on any atom is -0.396 e. The van der Waals surface area contributed by atoms with Crippen LogP contribution in [0.4, 0.5) is 0 Å². The molecule has 3 nitrogen and oxygen atoms in total. The van der Waals surface area contributed by atoms with Crippen LogP contribution in [0.3, 0.4) is 0 Å². The first-order valence-corrected chi connectivity index (χ1v) is 9.00. The average Bonchev–Trinajstić information content (AvgIpc) is 2.48. The molecule has 118 valence electrons. The molecule has 0 aliphatic rings. The molecule has 21 heavy (non-hydrogen) atoms. The van der Waals surface area contributed by atoms with Gasteiger partial charge in [-0.3, -0.25) is 4.79 Å². The van der Waals surface area contributed by atoms with Gasteiger partial charge in [-0.15, -0.1) is 11.8 Å². The van der Waals surface area contributed by atoms with Crippen LogP contribution < -0.4 is 5.32 Å². The summed E-state index contributed by atoms with van der Waals surface area (Å²) >= 11 is 4.98. The van der Waals surface area contributed by atoms with Crippen LogP contribution in [0.5, 0.6) is 0 Å². The number of carbonyl (C=O) groups is 1. The van der Waals surface area contributed by atoms with Crippen molar-refractivity contribution in [1.82, 2.24) is 5.32 Å². The molecule has 0 bridgehead atoms. The lowest BCUT2D eigenvalue weighted by Gasteiger charge is -2.29. The van der Waals surface area contributed by atoms with Crippen molar-refractivity contribution in [2.75, 3.05) is 18.9 Å². The van der Waals surface area contributed by atoms with E-state index in [9.17, 15) is 9.90 Å². The fourth-order valence-corrected chi connectivity index (χ4v) is 3.35. The van der Waals surface area contributed by atoms with E-state index in [1.807, 2.05) is 39.0 Å². The highest BCUT2D eigenvalue weighted by Crippen LogP contribution is 2.26. The quantitative estimate of drug-likeness (QED) is 0.681. The number of aryl methyl sites for hydroxylation is 1. The maximum atomic E-state index is 12.0. The van der Waals surface area contributed by atoms with Gasteiger partial charge in [-0.05, 0) is 43.5 Å². The maximum Gasteiger partial charge on any atom is 0.230 e. The summed E-state index contributed by atoms with van der Waals surface area (Å²) in [4.78, 5) is 13.1. The highest BCUT2D eigenvalue weighted by atomic mass is 79.9.